The van der Waals surface area contributed by atoms with Crippen LogP contribution in [0.2, 0.25) is 0 Å². The van der Waals surface area contributed by atoms with Crippen molar-refractivity contribution < 1.29 is 18.1 Å². The van der Waals surface area contributed by atoms with E-state index in [0.29, 0.717) is 22.8 Å². The van der Waals surface area contributed by atoms with Gasteiger partial charge in [-0.3, -0.25) is 14.9 Å². The molecule has 0 aromatic heterocycles. The Morgan fingerprint density at radius 2 is 1.93 bits per heavy atom. The zero-order chi connectivity index (χ0) is 21.9. The van der Waals surface area contributed by atoms with Crippen molar-refractivity contribution in [2.75, 3.05) is 25.2 Å². The molecule has 2 aromatic rings. The van der Waals surface area contributed by atoms with Crippen LogP contribution in [-0.4, -0.2) is 49.8 Å². The minimum Gasteiger partial charge on any atom is -0.362 e. The average Bonchev–Trinajstić information content (AvgIpc) is 3.11. The van der Waals surface area contributed by atoms with Crippen LogP contribution < -0.4 is 5.32 Å². The number of anilines is 1. The molecule has 0 unspecified atom stereocenters. The van der Waals surface area contributed by atoms with Gasteiger partial charge in [-0.05, 0) is 49.1 Å². The van der Waals surface area contributed by atoms with Gasteiger partial charge in [0.15, 0.2) is 0 Å². The lowest BCUT2D eigenvalue weighted by atomic mass is 10.1. The summed E-state index contributed by atoms with van der Waals surface area (Å²) in [6.45, 7) is 0.767. The Hall–Kier alpha value is -2.92. The van der Waals surface area contributed by atoms with Gasteiger partial charge in [0.1, 0.15) is 11.4 Å². The van der Waals surface area contributed by atoms with Crippen molar-refractivity contribution in [3.63, 3.8) is 0 Å². The molecule has 0 bridgehead atoms. The zero-order valence-corrected chi connectivity index (χ0v) is 18.0. The van der Waals surface area contributed by atoms with Crippen molar-refractivity contribution in [1.29, 1.82) is 0 Å². The van der Waals surface area contributed by atoms with Gasteiger partial charge in [0.2, 0.25) is 0 Å². The highest BCUT2D eigenvalue weighted by Gasteiger charge is 2.22. The first kappa shape index (κ1) is 21.8. The summed E-state index contributed by atoms with van der Waals surface area (Å²) in [5, 5.41) is 13.8. The molecule has 0 atom stereocenters. The molecule has 0 spiro atoms. The molecular formula is C19H20N4O5S2. The highest BCUT2D eigenvalue weighted by atomic mass is 32.2. The van der Waals surface area contributed by atoms with Crippen LogP contribution in [-0.2, 0) is 10.0 Å². The molecule has 158 valence electrons. The minimum absolute atomic E-state index is 0.00339. The third-order valence-corrected chi connectivity index (χ3v) is 6.66. The lowest BCUT2D eigenvalue weighted by Gasteiger charge is -2.11. The molecular weight excluding hydrogens is 428 g/mol. The lowest BCUT2D eigenvalue weighted by Crippen LogP contribution is -2.20. The number of amides is 1. The third-order valence-electron chi connectivity index (χ3n) is 4.62. The van der Waals surface area contributed by atoms with E-state index in [-0.39, 0.29) is 16.1 Å². The second-order valence-electron chi connectivity index (χ2n) is 6.63. The van der Waals surface area contributed by atoms with Gasteiger partial charge in [-0.25, -0.2) is 0 Å². The summed E-state index contributed by atoms with van der Waals surface area (Å²) in [6.07, 6.45) is 3.27. The number of likely N-dealkylation sites (tertiary alicyclic amines) is 1. The van der Waals surface area contributed by atoms with E-state index in [0.717, 1.165) is 13.0 Å². The Kier molecular flexibility index (Phi) is 6.42. The monoisotopic (exact) mass is 448 g/mol. The number of nitrogens with one attached hydrogen (secondary N) is 1. The van der Waals surface area contributed by atoms with Crippen LogP contribution in [0, 0.1) is 10.1 Å². The summed E-state index contributed by atoms with van der Waals surface area (Å²) in [6, 6.07) is 9.85. The van der Waals surface area contributed by atoms with E-state index in [1.807, 2.05) is 4.90 Å². The van der Waals surface area contributed by atoms with Crippen LogP contribution in [0.5, 0.6) is 0 Å². The van der Waals surface area contributed by atoms with Crippen LogP contribution >= 0.6 is 11.8 Å². The molecule has 30 heavy (non-hydrogen) atoms. The number of hydrogen-bond acceptors (Lipinski definition) is 6. The van der Waals surface area contributed by atoms with E-state index < -0.39 is 20.9 Å². The van der Waals surface area contributed by atoms with Gasteiger partial charge >= 0.3 is 0 Å². The molecule has 0 aliphatic carbocycles. The maximum atomic E-state index is 12.6. The SMILES string of the molecule is CSc1ccc([N+](=O)[O-])c(C(=O)Nc2ccc(S(=O)(=O)/N=C3/CCCN3C)cc2)c1. The second kappa shape index (κ2) is 8.84. The molecule has 2 aromatic carbocycles. The Morgan fingerprint density at radius 3 is 2.50 bits per heavy atom. The molecule has 1 N–H and O–H groups in total. The maximum absolute atomic E-state index is 12.6. The minimum atomic E-state index is -3.86. The molecule has 11 heteroatoms. The Labute approximate surface area is 178 Å². The largest absolute Gasteiger partial charge is 0.362 e. The number of hydrogen-bond donors (Lipinski definition) is 1. The standard InChI is InChI=1S/C19H20N4O5S2/c1-22-11-3-4-18(22)21-30(27,28)15-8-5-13(6-9-15)20-19(24)16-12-14(29-2)7-10-17(16)23(25)26/h5-10,12H,3-4,11H2,1-2H3,(H,20,24)/b21-18-. The molecule has 1 aliphatic heterocycles. The van der Waals surface area contributed by atoms with Gasteiger partial charge in [0.05, 0.1) is 9.82 Å². The molecule has 3 rings (SSSR count). The summed E-state index contributed by atoms with van der Waals surface area (Å²) >= 11 is 1.36. The number of amidine groups is 1. The number of thioether (sulfide) groups is 1. The third kappa shape index (κ3) is 4.79. The Bertz CT molecular complexity index is 1110. The molecule has 0 saturated carbocycles. The van der Waals surface area contributed by atoms with E-state index in [2.05, 4.69) is 9.71 Å². The fraction of sp³-hybridized carbons (Fsp3) is 0.263. The van der Waals surface area contributed by atoms with E-state index >= 15 is 0 Å². The van der Waals surface area contributed by atoms with E-state index in [4.69, 9.17) is 0 Å². The van der Waals surface area contributed by atoms with Crippen molar-refractivity contribution in [3.8, 4) is 0 Å². The number of rotatable bonds is 6. The number of nitro groups is 1. The topological polar surface area (TPSA) is 122 Å². The second-order valence-corrected chi connectivity index (χ2v) is 9.11. The number of sulfonamides is 1. The van der Waals surface area contributed by atoms with Crippen molar-refractivity contribution in [3.05, 3.63) is 58.1 Å². The Morgan fingerprint density at radius 1 is 1.23 bits per heavy atom. The molecule has 0 radical (unpaired) electrons. The predicted octanol–water partition coefficient (Wildman–Crippen LogP) is 3.38. The molecule has 1 fully saturated rings. The molecule has 9 nitrogen and oxygen atoms in total. The van der Waals surface area contributed by atoms with Crippen molar-refractivity contribution in [2.24, 2.45) is 4.40 Å². The average molecular weight is 449 g/mol. The summed E-state index contributed by atoms with van der Waals surface area (Å²) < 4.78 is 28.9. The van der Waals surface area contributed by atoms with Crippen molar-refractivity contribution >= 4 is 44.9 Å². The van der Waals surface area contributed by atoms with E-state index in [9.17, 15) is 23.3 Å². The van der Waals surface area contributed by atoms with Crippen molar-refractivity contribution in [2.45, 2.75) is 22.6 Å². The first-order valence-electron chi connectivity index (χ1n) is 9.00. The summed E-state index contributed by atoms with van der Waals surface area (Å²) in [7, 11) is -2.06. The molecule has 1 aliphatic rings. The zero-order valence-electron chi connectivity index (χ0n) is 16.4. The predicted molar refractivity (Wildman–Crippen MR) is 116 cm³/mol. The van der Waals surface area contributed by atoms with Crippen molar-refractivity contribution in [1.82, 2.24) is 4.90 Å². The highest BCUT2D eigenvalue weighted by molar-refractivity contribution is 7.98. The van der Waals surface area contributed by atoms with Gasteiger partial charge in [-0.1, -0.05) is 0 Å². The normalized spacial score (nSPS) is 15.4. The van der Waals surface area contributed by atoms with Crippen LogP contribution in [0.1, 0.15) is 23.2 Å². The van der Waals surface area contributed by atoms with Gasteiger partial charge in [0, 0.05) is 36.7 Å². The fourth-order valence-corrected chi connectivity index (χ4v) is 4.53. The van der Waals surface area contributed by atoms with Crippen LogP contribution in [0.3, 0.4) is 0 Å². The van der Waals surface area contributed by atoms with Crippen LogP contribution in [0.4, 0.5) is 11.4 Å². The van der Waals surface area contributed by atoms with Crippen LogP contribution in [0.15, 0.2) is 56.7 Å². The number of nitrogens with zero attached hydrogens (tertiary/aromatic N) is 3. The Balaban J connectivity index is 1.81. The number of benzene rings is 2. The summed E-state index contributed by atoms with van der Waals surface area (Å²) in [4.78, 5) is 25.7. The molecule has 1 heterocycles. The molecule has 1 saturated heterocycles. The summed E-state index contributed by atoms with van der Waals surface area (Å²) in [5.41, 5.74) is -0.0614. The van der Waals surface area contributed by atoms with Gasteiger partial charge < -0.3 is 10.2 Å². The smallest absolute Gasteiger partial charge is 0.283 e. The molecule has 1 amide bonds. The number of carbonyl (C=O) groups excluding carboxylic acids is 1. The van der Waals surface area contributed by atoms with Crippen LogP contribution in [0.25, 0.3) is 0 Å². The number of carbonyl (C=O) groups is 1. The highest BCUT2D eigenvalue weighted by Crippen LogP contribution is 2.26. The first-order chi connectivity index (χ1) is 14.2. The fourth-order valence-electron chi connectivity index (χ4n) is 2.99. The van der Waals surface area contributed by atoms with E-state index in [1.165, 1.54) is 48.2 Å². The number of nitro benzene ring substituents is 1. The lowest BCUT2D eigenvalue weighted by molar-refractivity contribution is -0.385. The van der Waals surface area contributed by atoms with E-state index in [1.54, 1.807) is 19.4 Å². The van der Waals surface area contributed by atoms with Gasteiger partial charge in [-0.2, -0.15) is 8.42 Å². The summed E-state index contributed by atoms with van der Waals surface area (Å²) in [5.74, 6) is -0.130. The van der Waals surface area contributed by atoms with Gasteiger partial charge in [0.25, 0.3) is 21.6 Å². The first-order valence-corrected chi connectivity index (χ1v) is 11.7. The quantitative estimate of drug-likeness (QED) is 0.408. The maximum Gasteiger partial charge on any atom is 0.283 e. The van der Waals surface area contributed by atoms with Gasteiger partial charge in [-0.15, -0.1) is 16.2 Å².